The summed E-state index contributed by atoms with van der Waals surface area (Å²) in [6.07, 6.45) is 1.54. The number of oxime groups is 1. The van der Waals surface area contributed by atoms with Crippen LogP contribution < -0.4 is 5.32 Å². The maximum Gasteiger partial charge on any atom is 0.262 e. The first-order valence-corrected chi connectivity index (χ1v) is 8.76. The highest BCUT2D eigenvalue weighted by Gasteiger charge is 2.21. The number of benzene rings is 2. The van der Waals surface area contributed by atoms with Crippen molar-refractivity contribution in [3.05, 3.63) is 70.3 Å². The molecule has 2 aromatic carbocycles. The van der Waals surface area contributed by atoms with Crippen LogP contribution in [-0.2, 0) is 11.9 Å². The third kappa shape index (κ3) is 3.89. The number of nitrogens with zero attached hydrogens (tertiary/aromatic N) is 3. The van der Waals surface area contributed by atoms with E-state index in [1.165, 1.54) is 20.4 Å². The second-order valence-electron chi connectivity index (χ2n) is 6.03. The van der Waals surface area contributed by atoms with Crippen molar-refractivity contribution in [2.24, 2.45) is 12.2 Å². The molecule has 0 bridgehead atoms. The third-order valence-electron chi connectivity index (χ3n) is 4.15. The zero-order valence-electron chi connectivity index (χ0n) is 15.5. The van der Waals surface area contributed by atoms with Gasteiger partial charge in [0.15, 0.2) is 0 Å². The fourth-order valence-electron chi connectivity index (χ4n) is 2.84. The van der Waals surface area contributed by atoms with E-state index >= 15 is 0 Å². The molecule has 1 heterocycles. The first kappa shape index (κ1) is 19.6. The molecule has 0 aliphatic heterocycles. The number of para-hydroxylation sites is 1. The number of aromatic nitrogens is 2. The summed E-state index contributed by atoms with van der Waals surface area (Å²) < 4.78 is 15.2. The minimum Gasteiger partial charge on any atom is -0.399 e. The molecule has 0 radical (unpaired) electrons. The summed E-state index contributed by atoms with van der Waals surface area (Å²) in [5, 5.41) is 10.9. The Labute approximate surface area is 166 Å². The molecule has 3 rings (SSSR count). The Bertz CT molecular complexity index is 1060. The van der Waals surface area contributed by atoms with E-state index in [9.17, 15) is 9.18 Å². The topological polar surface area (TPSA) is 68.5 Å². The molecule has 0 fully saturated rings. The lowest BCUT2D eigenvalue weighted by Crippen LogP contribution is -2.15. The number of hydrogen-bond donors (Lipinski definition) is 1. The van der Waals surface area contributed by atoms with Gasteiger partial charge in [-0.1, -0.05) is 47.1 Å². The Kier molecular flexibility index (Phi) is 5.75. The Hall–Kier alpha value is -3.19. The lowest BCUT2D eigenvalue weighted by molar-refractivity contribution is 0.102. The monoisotopic (exact) mass is 400 g/mol. The molecule has 0 spiro atoms. The van der Waals surface area contributed by atoms with E-state index in [-0.39, 0.29) is 5.56 Å². The number of carbonyl (C=O) groups is 1. The van der Waals surface area contributed by atoms with E-state index in [1.54, 1.807) is 25.1 Å². The highest BCUT2D eigenvalue weighted by molar-refractivity contribution is 6.33. The van der Waals surface area contributed by atoms with Crippen LogP contribution >= 0.6 is 11.6 Å². The van der Waals surface area contributed by atoms with Gasteiger partial charge in [-0.15, -0.1) is 0 Å². The Balaban J connectivity index is 1.96. The Morgan fingerprint density at radius 2 is 2.04 bits per heavy atom. The molecule has 0 aliphatic carbocycles. The number of halogens is 2. The lowest BCUT2D eigenvalue weighted by atomic mass is 10.0. The van der Waals surface area contributed by atoms with Crippen molar-refractivity contribution in [2.45, 2.75) is 6.92 Å². The molecule has 144 valence electrons. The fraction of sp³-hybridized carbons (Fsp3) is 0.150. The van der Waals surface area contributed by atoms with Gasteiger partial charge in [-0.3, -0.25) is 4.79 Å². The molecule has 0 aliphatic rings. The molecule has 0 saturated carbocycles. The van der Waals surface area contributed by atoms with E-state index in [0.717, 1.165) is 15.8 Å². The van der Waals surface area contributed by atoms with Gasteiger partial charge in [0.25, 0.3) is 5.91 Å². The standard InChI is InChI=1S/C20H18ClFN4O2/c1-12-18(19(22)26(2)25-12)20(27)24-17-7-5-4-6-15(17)14-9-8-13(10-16(14)21)11-23-28-3/h4-11H,1-3H3,(H,24,27). The third-order valence-corrected chi connectivity index (χ3v) is 4.46. The summed E-state index contributed by atoms with van der Waals surface area (Å²) in [5.41, 5.74) is 2.93. The zero-order valence-corrected chi connectivity index (χ0v) is 16.3. The van der Waals surface area contributed by atoms with Gasteiger partial charge in [0, 0.05) is 28.9 Å². The zero-order chi connectivity index (χ0) is 20.3. The van der Waals surface area contributed by atoms with Crippen LogP contribution in [0.2, 0.25) is 5.02 Å². The summed E-state index contributed by atoms with van der Waals surface area (Å²) in [6.45, 7) is 1.58. The molecular weight excluding hydrogens is 383 g/mol. The quantitative estimate of drug-likeness (QED) is 0.509. The van der Waals surface area contributed by atoms with Crippen molar-refractivity contribution >= 4 is 29.4 Å². The fourth-order valence-corrected chi connectivity index (χ4v) is 3.13. The number of nitrogens with one attached hydrogen (secondary N) is 1. The van der Waals surface area contributed by atoms with Gasteiger partial charge in [-0.25, -0.2) is 4.68 Å². The average molecular weight is 401 g/mol. The molecule has 0 unspecified atom stereocenters. The van der Waals surface area contributed by atoms with Gasteiger partial charge >= 0.3 is 0 Å². The summed E-state index contributed by atoms with van der Waals surface area (Å²) in [6, 6.07) is 12.5. The molecule has 1 aromatic heterocycles. The number of hydrogen-bond acceptors (Lipinski definition) is 4. The highest BCUT2D eigenvalue weighted by atomic mass is 35.5. The molecule has 0 atom stereocenters. The number of anilines is 1. The summed E-state index contributed by atoms with van der Waals surface area (Å²) in [4.78, 5) is 17.3. The van der Waals surface area contributed by atoms with E-state index in [2.05, 4.69) is 20.4 Å². The summed E-state index contributed by atoms with van der Waals surface area (Å²) in [7, 11) is 2.90. The van der Waals surface area contributed by atoms with Crippen LogP contribution in [-0.4, -0.2) is 29.0 Å². The molecular formula is C20H18ClFN4O2. The van der Waals surface area contributed by atoms with Crippen LogP contribution in [0, 0.1) is 12.9 Å². The first-order chi connectivity index (χ1) is 13.4. The van der Waals surface area contributed by atoms with Gasteiger partial charge in [-0.05, 0) is 24.6 Å². The van der Waals surface area contributed by atoms with Crippen LogP contribution in [0.25, 0.3) is 11.1 Å². The molecule has 3 aromatic rings. The maximum absolute atomic E-state index is 14.2. The first-order valence-electron chi connectivity index (χ1n) is 8.38. The van der Waals surface area contributed by atoms with Gasteiger partial charge in [0.2, 0.25) is 5.95 Å². The van der Waals surface area contributed by atoms with Crippen LogP contribution in [0.3, 0.4) is 0 Å². The van der Waals surface area contributed by atoms with Crippen LogP contribution in [0.1, 0.15) is 21.6 Å². The van der Waals surface area contributed by atoms with Gasteiger partial charge < -0.3 is 10.2 Å². The normalized spacial score (nSPS) is 11.0. The number of aryl methyl sites for hydroxylation is 2. The Morgan fingerprint density at radius 3 is 2.68 bits per heavy atom. The highest BCUT2D eigenvalue weighted by Crippen LogP contribution is 2.34. The number of amides is 1. The van der Waals surface area contributed by atoms with Crippen molar-refractivity contribution < 1.29 is 14.0 Å². The predicted octanol–water partition coefficient (Wildman–Crippen LogP) is 4.42. The summed E-state index contributed by atoms with van der Waals surface area (Å²) >= 11 is 6.43. The van der Waals surface area contributed by atoms with E-state index in [0.29, 0.717) is 22.0 Å². The Morgan fingerprint density at radius 1 is 1.29 bits per heavy atom. The van der Waals surface area contributed by atoms with Crippen LogP contribution in [0.15, 0.2) is 47.6 Å². The van der Waals surface area contributed by atoms with Crippen molar-refractivity contribution in [1.82, 2.24) is 9.78 Å². The minimum atomic E-state index is -0.688. The van der Waals surface area contributed by atoms with Gasteiger partial charge in [-0.2, -0.15) is 9.49 Å². The molecule has 8 heteroatoms. The van der Waals surface area contributed by atoms with Crippen molar-refractivity contribution in [1.29, 1.82) is 0 Å². The smallest absolute Gasteiger partial charge is 0.262 e. The van der Waals surface area contributed by atoms with E-state index < -0.39 is 11.9 Å². The van der Waals surface area contributed by atoms with Crippen LogP contribution in [0.5, 0.6) is 0 Å². The van der Waals surface area contributed by atoms with Gasteiger partial charge in [0.1, 0.15) is 12.7 Å². The predicted molar refractivity (Wildman–Crippen MR) is 107 cm³/mol. The summed E-state index contributed by atoms with van der Waals surface area (Å²) in [5.74, 6) is -1.26. The van der Waals surface area contributed by atoms with Crippen molar-refractivity contribution in [3.8, 4) is 11.1 Å². The van der Waals surface area contributed by atoms with Crippen molar-refractivity contribution in [2.75, 3.05) is 12.4 Å². The molecule has 28 heavy (non-hydrogen) atoms. The number of carbonyl (C=O) groups excluding carboxylic acids is 1. The van der Waals surface area contributed by atoms with E-state index in [4.69, 9.17) is 11.6 Å². The molecule has 6 nitrogen and oxygen atoms in total. The van der Waals surface area contributed by atoms with Crippen LogP contribution in [0.4, 0.5) is 10.1 Å². The minimum absolute atomic E-state index is 0.0884. The lowest BCUT2D eigenvalue weighted by Gasteiger charge is -2.13. The molecule has 1 N–H and O–H groups in total. The van der Waals surface area contributed by atoms with Crippen molar-refractivity contribution in [3.63, 3.8) is 0 Å². The maximum atomic E-state index is 14.2. The SMILES string of the molecule is CON=Cc1ccc(-c2ccccc2NC(=O)c2c(C)nn(C)c2F)c(Cl)c1. The van der Waals surface area contributed by atoms with E-state index in [1.807, 2.05) is 24.3 Å². The largest absolute Gasteiger partial charge is 0.399 e. The second-order valence-corrected chi connectivity index (χ2v) is 6.44. The van der Waals surface area contributed by atoms with Gasteiger partial charge in [0.05, 0.1) is 11.9 Å². The number of rotatable bonds is 5. The molecule has 0 saturated heterocycles. The second kappa shape index (κ2) is 8.22. The molecule has 1 amide bonds. The average Bonchev–Trinajstić information content (AvgIpc) is 2.92.